The van der Waals surface area contributed by atoms with Gasteiger partial charge in [0, 0.05) is 57.9 Å². The molecule has 2 heterocycles. The fraction of sp³-hybridized carbons (Fsp3) is 0.312. The molecule has 0 atom stereocenters. The minimum Gasteiger partial charge on any atom is -0.355 e. The third kappa shape index (κ3) is 5.71. The normalized spacial score (nSPS) is 10.6. The SMILES string of the molecule is CC(=O)NCCN(Cc1ccncc1)Cc1ccncc1. The third-order valence-electron chi connectivity index (χ3n) is 3.11. The van der Waals surface area contributed by atoms with Crippen molar-refractivity contribution < 1.29 is 4.79 Å². The maximum Gasteiger partial charge on any atom is 0.216 e. The van der Waals surface area contributed by atoms with Crippen LogP contribution in [0.25, 0.3) is 0 Å². The molecule has 110 valence electrons. The molecule has 21 heavy (non-hydrogen) atoms. The summed E-state index contributed by atoms with van der Waals surface area (Å²) in [5.41, 5.74) is 2.42. The average Bonchev–Trinajstić information content (AvgIpc) is 2.49. The molecule has 0 aliphatic carbocycles. The molecule has 0 unspecified atom stereocenters. The Balaban J connectivity index is 1.97. The number of amides is 1. The Kier molecular flexibility index (Phi) is 5.84. The summed E-state index contributed by atoms with van der Waals surface area (Å²) in [6, 6.07) is 8.05. The highest BCUT2D eigenvalue weighted by Gasteiger charge is 2.07. The lowest BCUT2D eigenvalue weighted by Crippen LogP contribution is -2.33. The van der Waals surface area contributed by atoms with Crippen molar-refractivity contribution in [3.63, 3.8) is 0 Å². The fourth-order valence-corrected chi connectivity index (χ4v) is 2.10. The second-order valence-electron chi connectivity index (χ2n) is 4.90. The van der Waals surface area contributed by atoms with Gasteiger partial charge in [-0.1, -0.05) is 0 Å². The van der Waals surface area contributed by atoms with Crippen LogP contribution in [0.4, 0.5) is 0 Å². The highest BCUT2D eigenvalue weighted by molar-refractivity contribution is 5.72. The summed E-state index contributed by atoms with van der Waals surface area (Å²) in [6.07, 6.45) is 7.20. The fourth-order valence-electron chi connectivity index (χ4n) is 2.10. The van der Waals surface area contributed by atoms with Crippen molar-refractivity contribution >= 4 is 5.91 Å². The highest BCUT2D eigenvalue weighted by Crippen LogP contribution is 2.08. The van der Waals surface area contributed by atoms with Crippen LogP contribution in [0.1, 0.15) is 18.1 Å². The van der Waals surface area contributed by atoms with Crippen LogP contribution in [0.3, 0.4) is 0 Å². The molecule has 2 aromatic rings. The summed E-state index contributed by atoms with van der Waals surface area (Å²) in [6.45, 7) is 4.63. The Morgan fingerprint density at radius 1 is 1.00 bits per heavy atom. The maximum atomic E-state index is 11.0. The zero-order valence-electron chi connectivity index (χ0n) is 12.2. The van der Waals surface area contributed by atoms with Crippen molar-refractivity contribution in [1.82, 2.24) is 20.2 Å². The van der Waals surface area contributed by atoms with Gasteiger partial charge in [-0.15, -0.1) is 0 Å². The number of carbonyl (C=O) groups is 1. The van der Waals surface area contributed by atoms with Gasteiger partial charge < -0.3 is 5.32 Å². The summed E-state index contributed by atoms with van der Waals surface area (Å²) in [4.78, 5) is 21.4. The first-order valence-corrected chi connectivity index (χ1v) is 6.98. The number of nitrogens with zero attached hydrogens (tertiary/aromatic N) is 3. The lowest BCUT2D eigenvalue weighted by atomic mass is 10.2. The molecule has 0 saturated carbocycles. The molecule has 5 heteroatoms. The third-order valence-corrected chi connectivity index (χ3v) is 3.11. The number of rotatable bonds is 7. The van der Waals surface area contributed by atoms with Crippen LogP contribution >= 0.6 is 0 Å². The molecule has 1 N–H and O–H groups in total. The molecule has 0 fully saturated rings. The number of nitrogens with one attached hydrogen (secondary N) is 1. The summed E-state index contributed by atoms with van der Waals surface area (Å²) >= 11 is 0. The minimum atomic E-state index is 0.00257. The van der Waals surface area contributed by atoms with Crippen LogP contribution in [0.5, 0.6) is 0 Å². The van der Waals surface area contributed by atoms with Gasteiger partial charge in [-0.3, -0.25) is 19.7 Å². The molecule has 0 saturated heterocycles. The summed E-state index contributed by atoms with van der Waals surface area (Å²) in [5, 5.41) is 2.84. The Morgan fingerprint density at radius 2 is 1.48 bits per heavy atom. The predicted molar refractivity (Wildman–Crippen MR) is 81.3 cm³/mol. The van der Waals surface area contributed by atoms with Gasteiger partial charge in [0.05, 0.1) is 0 Å². The Morgan fingerprint density at radius 3 is 1.90 bits per heavy atom. The van der Waals surface area contributed by atoms with Gasteiger partial charge in [-0.05, 0) is 35.4 Å². The Labute approximate surface area is 125 Å². The predicted octanol–water partition coefficient (Wildman–Crippen LogP) is 1.61. The molecule has 1 amide bonds. The van der Waals surface area contributed by atoms with Crippen molar-refractivity contribution in [2.75, 3.05) is 13.1 Å². The number of aromatic nitrogens is 2. The molecule has 0 radical (unpaired) electrons. The van der Waals surface area contributed by atoms with Gasteiger partial charge in [0.1, 0.15) is 0 Å². The van der Waals surface area contributed by atoms with Gasteiger partial charge in [0.25, 0.3) is 0 Å². The summed E-state index contributed by atoms with van der Waals surface area (Å²) in [7, 11) is 0. The van der Waals surface area contributed by atoms with Crippen LogP contribution in [0.2, 0.25) is 0 Å². The van der Waals surface area contributed by atoms with E-state index in [2.05, 4.69) is 20.2 Å². The number of hydrogen-bond donors (Lipinski definition) is 1. The maximum absolute atomic E-state index is 11.0. The van der Waals surface area contributed by atoms with Gasteiger partial charge >= 0.3 is 0 Å². The van der Waals surface area contributed by atoms with Crippen molar-refractivity contribution in [3.8, 4) is 0 Å². The van der Waals surface area contributed by atoms with E-state index in [-0.39, 0.29) is 5.91 Å². The van der Waals surface area contributed by atoms with E-state index < -0.39 is 0 Å². The second kappa shape index (κ2) is 8.11. The zero-order chi connectivity index (χ0) is 14.9. The van der Waals surface area contributed by atoms with Crippen molar-refractivity contribution in [1.29, 1.82) is 0 Å². The van der Waals surface area contributed by atoms with Gasteiger partial charge in [0.15, 0.2) is 0 Å². The van der Waals surface area contributed by atoms with Gasteiger partial charge in [0.2, 0.25) is 5.91 Å². The highest BCUT2D eigenvalue weighted by atomic mass is 16.1. The molecule has 5 nitrogen and oxygen atoms in total. The standard InChI is InChI=1S/C16H20N4O/c1-14(21)19-10-11-20(12-15-2-6-17-7-3-15)13-16-4-8-18-9-5-16/h2-9H,10-13H2,1H3,(H,19,21). The van der Waals surface area contributed by atoms with E-state index in [0.29, 0.717) is 6.54 Å². The van der Waals surface area contributed by atoms with E-state index >= 15 is 0 Å². The lowest BCUT2D eigenvalue weighted by molar-refractivity contribution is -0.119. The molecule has 0 spiro atoms. The lowest BCUT2D eigenvalue weighted by Gasteiger charge is -2.22. The van der Waals surface area contributed by atoms with E-state index in [1.807, 2.05) is 24.3 Å². The summed E-state index contributed by atoms with van der Waals surface area (Å²) in [5.74, 6) is 0.00257. The van der Waals surface area contributed by atoms with Crippen molar-refractivity contribution in [2.45, 2.75) is 20.0 Å². The Bertz CT molecular complexity index is 503. The molecule has 0 aromatic carbocycles. The van der Waals surface area contributed by atoms with E-state index in [4.69, 9.17) is 0 Å². The Hall–Kier alpha value is -2.27. The molecule has 2 aromatic heterocycles. The van der Waals surface area contributed by atoms with Gasteiger partial charge in [-0.2, -0.15) is 0 Å². The first kappa shape index (κ1) is 15.1. The van der Waals surface area contributed by atoms with Crippen molar-refractivity contribution in [2.24, 2.45) is 0 Å². The van der Waals surface area contributed by atoms with Gasteiger partial charge in [-0.25, -0.2) is 0 Å². The molecule has 0 bridgehead atoms. The number of carbonyl (C=O) groups excluding carboxylic acids is 1. The van der Waals surface area contributed by atoms with E-state index in [0.717, 1.165) is 19.6 Å². The van der Waals surface area contributed by atoms with E-state index in [1.165, 1.54) is 18.1 Å². The largest absolute Gasteiger partial charge is 0.355 e. The monoisotopic (exact) mass is 284 g/mol. The smallest absolute Gasteiger partial charge is 0.216 e. The summed E-state index contributed by atoms with van der Waals surface area (Å²) < 4.78 is 0. The van der Waals surface area contributed by atoms with E-state index in [9.17, 15) is 4.79 Å². The molecule has 0 aliphatic heterocycles. The van der Waals surface area contributed by atoms with Crippen LogP contribution in [0, 0.1) is 0 Å². The second-order valence-corrected chi connectivity index (χ2v) is 4.90. The average molecular weight is 284 g/mol. The molecular weight excluding hydrogens is 264 g/mol. The van der Waals surface area contributed by atoms with Crippen LogP contribution in [-0.2, 0) is 17.9 Å². The topological polar surface area (TPSA) is 58.1 Å². The van der Waals surface area contributed by atoms with Crippen LogP contribution < -0.4 is 5.32 Å². The molecule has 0 aliphatic rings. The van der Waals surface area contributed by atoms with Crippen molar-refractivity contribution in [3.05, 3.63) is 60.2 Å². The zero-order valence-corrected chi connectivity index (χ0v) is 12.2. The van der Waals surface area contributed by atoms with Crippen LogP contribution in [0.15, 0.2) is 49.1 Å². The molecular formula is C16H20N4O. The quantitative estimate of drug-likeness (QED) is 0.839. The number of hydrogen-bond acceptors (Lipinski definition) is 4. The molecule has 2 rings (SSSR count). The van der Waals surface area contributed by atoms with E-state index in [1.54, 1.807) is 24.8 Å². The first-order chi connectivity index (χ1) is 10.2. The first-order valence-electron chi connectivity index (χ1n) is 6.98. The van der Waals surface area contributed by atoms with Crippen LogP contribution in [-0.4, -0.2) is 33.9 Å². The number of pyridine rings is 2. The minimum absolute atomic E-state index is 0.00257.